The quantitative estimate of drug-likeness (QED) is 0.889. The molecular formula is C20H24N4O2. The van der Waals surface area contributed by atoms with Crippen molar-refractivity contribution in [3.63, 3.8) is 0 Å². The maximum Gasteiger partial charge on any atom is 0.228 e. The van der Waals surface area contributed by atoms with Crippen molar-refractivity contribution in [2.75, 3.05) is 26.2 Å². The number of aromatic nitrogens is 2. The molecule has 0 radical (unpaired) electrons. The number of rotatable bonds is 5. The van der Waals surface area contributed by atoms with E-state index in [1.54, 1.807) is 6.20 Å². The molecule has 2 fully saturated rings. The Morgan fingerprint density at radius 2 is 2.23 bits per heavy atom. The van der Waals surface area contributed by atoms with Crippen LogP contribution < -0.4 is 10.1 Å². The SMILES string of the molecule is Cc1cccc(CN2CC[C@]3(C2)C(=O)NC[C@H]3COc2ccccn2)n1. The molecule has 1 amide bonds. The standard InChI is InChI=1S/C20H24N4O2/c1-15-5-4-6-17(23-15)12-24-10-8-20(14-24)16(11-22-19(20)25)13-26-18-7-2-3-9-21-18/h2-7,9,16H,8,10-14H2,1H3,(H,22,25)/t16-,20+/m0/s1. The minimum Gasteiger partial charge on any atom is -0.477 e. The summed E-state index contributed by atoms with van der Waals surface area (Å²) in [6.45, 7) is 5.62. The van der Waals surface area contributed by atoms with Crippen LogP contribution in [0, 0.1) is 18.3 Å². The van der Waals surface area contributed by atoms with Crippen molar-refractivity contribution in [2.24, 2.45) is 11.3 Å². The minimum atomic E-state index is -0.362. The van der Waals surface area contributed by atoms with Gasteiger partial charge in [0.1, 0.15) is 0 Å². The molecule has 0 bridgehead atoms. The number of carbonyl (C=O) groups is 1. The lowest BCUT2D eigenvalue weighted by Crippen LogP contribution is -2.40. The molecule has 6 nitrogen and oxygen atoms in total. The molecule has 2 aromatic rings. The van der Waals surface area contributed by atoms with Gasteiger partial charge in [0.05, 0.1) is 17.7 Å². The van der Waals surface area contributed by atoms with E-state index in [0.29, 0.717) is 19.0 Å². The van der Waals surface area contributed by atoms with Crippen LogP contribution in [0.25, 0.3) is 0 Å². The smallest absolute Gasteiger partial charge is 0.228 e. The summed E-state index contributed by atoms with van der Waals surface area (Å²) in [6.07, 6.45) is 2.58. The van der Waals surface area contributed by atoms with Gasteiger partial charge < -0.3 is 10.1 Å². The molecule has 0 aromatic carbocycles. The van der Waals surface area contributed by atoms with Crippen LogP contribution in [0.1, 0.15) is 17.8 Å². The summed E-state index contributed by atoms with van der Waals surface area (Å²) < 4.78 is 5.86. The maximum atomic E-state index is 12.6. The van der Waals surface area contributed by atoms with E-state index in [0.717, 1.165) is 37.4 Å². The third-order valence-corrected chi connectivity index (χ3v) is 5.52. The Labute approximate surface area is 153 Å². The Balaban J connectivity index is 1.43. The van der Waals surface area contributed by atoms with Gasteiger partial charge in [-0.2, -0.15) is 0 Å². The first-order chi connectivity index (χ1) is 12.7. The van der Waals surface area contributed by atoms with E-state index in [4.69, 9.17) is 4.74 Å². The summed E-state index contributed by atoms with van der Waals surface area (Å²) in [5.74, 6) is 0.931. The average molecular weight is 352 g/mol. The highest BCUT2D eigenvalue weighted by Crippen LogP contribution is 2.42. The molecular weight excluding hydrogens is 328 g/mol. The predicted molar refractivity (Wildman–Crippen MR) is 97.5 cm³/mol. The summed E-state index contributed by atoms with van der Waals surface area (Å²) in [6, 6.07) is 11.7. The van der Waals surface area contributed by atoms with Crippen molar-refractivity contribution in [3.8, 4) is 5.88 Å². The zero-order valence-electron chi connectivity index (χ0n) is 15.0. The first-order valence-corrected chi connectivity index (χ1v) is 9.13. The lowest BCUT2D eigenvalue weighted by Gasteiger charge is -2.28. The topological polar surface area (TPSA) is 67.4 Å². The van der Waals surface area contributed by atoms with Crippen molar-refractivity contribution < 1.29 is 9.53 Å². The second-order valence-corrected chi connectivity index (χ2v) is 7.27. The molecule has 2 aromatic heterocycles. The molecule has 0 unspecified atom stereocenters. The third kappa shape index (κ3) is 3.29. The molecule has 2 aliphatic heterocycles. The van der Waals surface area contributed by atoms with Gasteiger partial charge in [0, 0.05) is 43.5 Å². The van der Waals surface area contributed by atoms with Crippen LogP contribution in [0.15, 0.2) is 42.6 Å². The number of hydrogen-bond donors (Lipinski definition) is 1. The van der Waals surface area contributed by atoms with E-state index in [-0.39, 0.29) is 17.2 Å². The van der Waals surface area contributed by atoms with E-state index >= 15 is 0 Å². The molecule has 4 rings (SSSR count). The number of aryl methyl sites for hydroxylation is 1. The summed E-state index contributed by atoms with van der Waals surface area (Å²) in [5, 5.41) is 3.05. The van der Waals surface area contributed by atoms with Gasteiger partial charge in [0.15, 0.2) is 0 Å². The number of amides is 1. The lowest BCUT2D eigenvalue weighted by molar-refractivity contribution is -0.128. The molecule has 0 saturated carbocycles. The second kappa shape index (κ2) is 7.03. The monoisotopic (exact) mass is 352 g/mol. The van der Waals surface area contributed by atoms with Crippen LogP contribution >= 0.6 is 0 Å². The van der Waals surface area contributed by atoms with Crippen molar-refractivity contribution in [1.29, 1.82) is 0 Å². The fourth-order valence-electron chi connectivity index (χ4n) is 4.09. The highest BCUT2D eigenvalue weighted by Gasteiger charge is 2.54. The van der Waals surface area contributed by atoms with Gasteiger partial charge in [0.2, 0.25) is 11.8 Å². The number of hydrogen-bond acceptors (Lipinski definition) is 5. The normalized spacial score (nSPS) is 25.6. The number of nitrogens with zero attached hydrogens (tertiary/aromatic N) is 3. The first-order valence-electron chi connectivity index (χ1n) is 9.13. The third-order valence-electron chi connectivity index (χ3n) is 5.52. The Hall–Kier alpha value is -2.47. The van der Waals surface area contributed by atoms with E-state index in [1.165, 1.54) is 0 Å². The van der Waals surface area contributed by atoms with Gasteiger partial charge in [-0.15, -0.1) is 0 Å². The molecule has 136 valence electrons. The van der Waals surface area contributed by atoms with Crippen LogP contribution in [0.3, 0.4) is 0 Å². The van der Waals surface area contributed by atoms with Gasteiger partial charge in [-0.05, 0) is 38.1 Å². The van der Waals surface area contributed by atoms with E-state index in [2.05, 4.69) is 20.2 Å². The maximum absolute atomic E-state index is 12.6. The lowest BCUT2D eigenvalue weighted by atomic mass is 9.77. The number of carbonyl (C=O) groups excluding carboxylic acids is 1. The molecule has 1 N–H and O–H groups in total. The van der Waals surface area contributed by atoms with Crippen LogP contribution in [-0.4, -0.2) is 47.0 Å². The number of pyridine rings is 2. The summed E-state index contributed by atoms with van der Waals surface area (Å²) in [5.41, 5.74) is 1.72. The largest absolute Gasteiger partial charge is 0.477 e. The Bertz CT molecular complexity index is 782. The van der Waals surface area contributed by atoms with Crippen molar-refractivity contribution >= 4 is 5.91 Å². The summed E-state index contributed by atoms with van der Waals surface area (Å²) in [7, 11) is 0. The molecule has 26 heavy (non-hydrogen) atoms. The molecule has 1 spiro atoms. The molecule has 0 aliphatic carbocycles. The Kier molecular flexibility index (Phi) is 4.59. The van der Waals surface area contributed by atoms with Gasteiger partial charge in [-0.3, -0.25) is 14.7 Å². The van der Waals surface area contributed by atoms with Crippen molar-refractivity contribution in [2.45, 2.75) is 19.9 Å². The van der Waals surface area contributed by atoms with Crippen molar-refractivity contribution in [1.82, 2.24) is 20.2 Å². The van der Waals surface area contributed by atoms with Gasteiger partial charge in [-0.25, -0.2) is 4.98 Å². The first kappa shape index (κ1) is 17.0. The fourth-order valence-corrected chi connectivity index (χ4v) is 4.09. The van der Waals surface area contributed by atoms with E-state index < -0.39 is 0 Å². The van der Waals surface area contributed by atoms with Crippen molar-refractivity contribution in [3.05, 3.63) is 54.0 Å². The molecule has 2 saturated heterocycles. The molecule has 2 atom stereocenters. The van der Waals surface area contributed by atoms with Gasteiger partial charge in [-0.1, -0.05) is 12.1 Å². The van der Waals surface area contributed by atoms with Crippen LogP contribution in [-0.2, 0) is 11.3 Å². The Morgan fingerprint density at radius 1 is 1.31 bits per heavy atom. The zero-order valence-corrected chi connectivity index (χ0v) is 15.0. The zero-order chi connectivity index (χ0) is 18.0. The fraction of sp³-hybridized carbons (Fsp3) is 0.450. The molecule has 4 heterocycles. The van der Waals surface area contributed by atoms with Gasteiger partial charge in [0.25, 0.3) is 0 Å². The summed E-state index contributed by atoms with van der Waals surface area (Å²) in [4.78, 5) is 23.8. The number of likely N-dealkylation sites (tertiary alicyclic amines) is 1. The van der Waals surface area contributed by atoms with Crippen LogP contribution in [0.5, 0.6) is 5.88 Å². The highest BCUT2D eigenvalue weighted by atomic mass is 16.5. The second-order valence-electron chi connectivity index (χ2n) is 7.27. The summed E-state index contributed by atoms with van der Waals surface area (Å²) >= 11 is 0. The molecule has 6 heteroatoms. The van der Waals surface area contributed by atoms with Crippen LogP contribution in [0.4, 0.5) is 0 Å². The minimum absolute atomic E-state index is 0.159. The van der Waals surface area contributed by atoms with Gasteiger partial charge >= 0.3 is 0 Å². The Morgan fingerprint density at radius 3 is 3.04 bits per heavy atom. The van der Waals surface area contributed by atoms with E-state index in [9.17, 15) is 4.79 Å². The highest BCUT2D eigenvalue weighted by molar-refractivity contribution is 5.86. The predicted octanol–water partition coefficient (Wildman–Crippen LogP) is 1.80. The average Bonchev–Trinajstić information content (AvgIpc) is 3.20. The number of ether oxygens (including phenoxy) is 1. The van der Waals surface area contributed by atoms with Crippen LogP contribution in [0.2, 0.25) is 0 Å². The molecule has 2 aliphatic rings. The number of nitrogens with one attached hydrogen (secondary N) is 1. The van der Waals surface area contributed by atoms with E-state index in [1.807, 2.05) is 43.3 Å².